The zero-order chi connectivity index (χ0) is 27.3. The molecule has 1 aromatic heterocycles. The summed E-state index contributed by atoms with van der Waals surface area (Å²) in [7, 11) is 1.55. The molecule has 0 saturated carbocycles. The second kappa shape index (κ2) is 12.4. The minimum absolute atomic E-state index is 0.0226. The van der Waals surface area contributed by atoms with Crippen molar-refractivity contribution in [3.63, 3.8) is 0 Å². The van der Waals surface area contributed by atoms with Crippen LogP contribution in [0.25, 0.3) is 10.9 Å². The van der Waals surface area contributed by atoms with Crippen LogP contribution in [0.2, 0.25) is 5.02 Å². The number of ether oxygens (including phenoxy) is 1. The van der Waals surface area contributed by atoms with Gasteiger partial charge in [-0.1, -0.05) is 17.7 Å². The Kier molecular flexibility index (Phi) is 9.44. The number of alkyl halides is 4. The Hall–Kier alpha value is -2.07. The molecule has 1 unspecified atom stereocenters. The average Bonchev–Trinajstić information content (AvgIpc) is 2.92. The lowest BCUT2D eigenvalue weighted by Crippen LogP contribution is -2.42. The lowest BCUT2D eigenvalue weighted by Gasteiger charge is -2.41. The number of fused-ring (bicyclic) bond motifs is 1. The molecule has 1 aliphatic heterocycles. The summed E-state index contributed by atoms with van der Waals surface area (Å²) in [6.45, 7) is 2.20. The monoisotopic (exact) mass is 570 g/mol. The molecular formula is C28H31ClF4N2O2S. The summed E-state index contributed by atoms with van der Waals surface area (Å²) in [6.07, 6.45) is -2.00. The maximum atomic E-state index is 15.6. The van der Waals surface area contributed by atoms with Gasteiger partial charge in [0.2, 0.25) is 0 Å². The molecule has 10 heteroatoms. The van der Waals surface area contributed by atoms with Gasteiger partial charge in [-0.2, -0.15) is 13.2 Å². The number of rotatable bonds is 10. The Bertz CT molecular complexity index is 1240. The van der Waals surface area contributed by atoms with Gasteiger partial charge in [-0.15, -0.1) is 11.8 Å². The fourth-order valence-corrected chi connectivity index (χ4v) is 6.22. The second-order valence-electron chi connectivity index (χ2n) is 9.78. The second-order valence-corrected chi connectivity index (χ2v) is 11.4. The van der Waals surface area contributed by atoms with E-state index < -0.39 is 17.9 Å². The van der Waals surface area contributed by atoms with E-state index >= 15 is 4.39 Å². The van der Waals surface area contributed by atoms with Crippen LogP contribution in [-0.4, -0.2) is 54.1 Å². The fourth-order valence-electron chi connectivity index (χ4n) is 4.98. The molecule has 2 aromatic carbocycles. The van der Waals surface area contributed by atoms with Gasteiger partial charge in [0.25, 0.3) is 0 Å². The van der Waals surface area contributed by atoms with Gasteiger partial charge in [0.15, 0.2) is 0 Å². The third-order valence-electron chi connectivity index (χ3n) is 7.40. The summed E-state index contributed by atoms with van der Waals surface area (Å²) in [5, 5.41) is 11.1. The maximum Gasteiger partial charge on any atom is 0.416 e. The Balaban J connectivity index is 1.31. The first-order valence-corrected chi connectivity index (χ1v) is 13.9. The molecule has 0 bridgehead atoms. The third-order valence-corrected chi connectivity index (χ3v) is 8.67. The van der Waals surface area contributed by atoms with Crippen LogP contribution in [0.4, 0.5) is 17.6 Å². The molecule has 206 valence electrons. The summed E-state index contributed by atoms with van der Waals surface area (Å²) >= 11 is 7.77. The number of methoxy groups -OCH3 is 1. The van der Waals surface area contributed by atoms with E-state index in [0.29, 0.717) is 39.3 Å². The van der Waals surface area contributed by atoms with Crippen LogP contribution in [0.1, 0.15) is 43.0 Å². The molecule has 1 atom stereocenters. The smallest absolute Gasteiger partial charge is 0.416 e. The Labute approximate surface area is 229 Å². The Morgan fingerprint density at radius 1 is 1.18 bits per heavy atom. The topological polar surface area (TPSA) is 45.6 Å². The van der Waals surface area contributed by atoms with Crippen molar-refractivity contribution in [2.75, 3.05) is 39.1 Å². The Morgan fingerprint density at radius 3 is 2.63 bits per heavy atom. The van der Waals surface area contributed by atoms with Crippen molar-refractivity contribution in [1.82, 2.24) is 9.88 Å². The van der Waals surface area contributed by atoms with E-state index in [1.807, 2.05) is 0 Å². The first-order valence-electron chi connectivity index (χ1n) is 12.5. The first kappa shape index (κ1) is 28.9. The zero-order valence-electron chi connectivity index (χ0n) is 21.1. The number of aliphatic hydroxyl groups excluding tert-OH is 1. The van der Waals surface area contributed by atoms with Crippen molar-refractivity contribution < 1.29 is 27.4 Å². The number of likely N-dealkylation sites (tertiary alicyclic amines) is 1. The van der Waals surface area contributed by atoms with Crippen LogP contribution < -0.4 is 4.74 Å². The van der Waals surface area contributed by atoms with Crippen LogP contribution in [0.3, 0.4) is 0 Å². The highest BCUT2D eigenvalue weighted by atomic mass is 35.5. The van der Waals surface area contributed by atoms with Crippen LogP contribution >= 0.6 is 23.4 Å². The number of nitrogens with zero attached hydrogens (tertiary/aromatic N) is 2. The number of hydrogen-bond acceptors (Lipinski definition) is 5. The van der Waals surface area contributed by atoms with E-state index in [9.17, 15) is 18.3 Å². The minimum Gasteiger partial charge on any atom is -0.497 e. The molecular weight excluding hydrogens is 540 g/mol. The highest BCUT2D eigenvalue weighted by Gasteiger charge is 2.35. The van der Waals surface area contributed by atoms with Crippen LogP contribution in [-0.2, 0) is 6.18 Å². The van der Waals surface area contributed by atoms with Crippen molar-refractivity contribution in [3.8, 4) is 5.75 Å². The number of aliphatic hydroxyl groups is 1. The van der Waals surface area contributed by atoms with Crippen molar-refractivity contribution >= 4 is 34.3 Å². The van der Waals surface area contributed by atoms with Crippen molar-refractivity contribution in [1.29, 1.82) is 0 Å². The fraction of sp³-hybridized carbons (Fsp3) is 0.464. The molecule has 1 aliphatic rings. The SMILES string of the molecule is COc1ccc2ncc(Cl)c(C(F)CCC3(CO)CCN(CCSc4cccc(C(F)(F)F)c4)CC3)c2c1. The van der Waals surface area contributed by atoms with Crippen molar-refractivity contribution in [2.45, 2.75) is 42.9 Å². The molecule has 0 aliphatic carbocycles. The molecule has 4 rings (SSSR count). The van der Waals surface area contributed by atoms with E-state index in [1.54, 1.807) is 31.4 Å². The number of hydrogen-bond donors (Lipinski definition) is 1. The molecule has 3 aromatic rings. The summed E-state index contributed by atoms with van der Waals surface area (Å²) in [4.78, 5) is 7.14. The van der Waals surface area contributed by atoms with Crippen LogP contribution in [0.15, 0.2) is 53.6 Å². The molecule has 0 spiro atoms. The van der Waals surface area contributed by atoms with Gasteiger partial charge < -0.3 is 14.7 Å². The van der Waals surface area contributed by atoms with Gasteiger partial charge in [0.05, 0.1) is 23.2 Å². The van der Waals surface area contributed by atoms with Crippen molar-refractivity contribution in [2.24, 2.45) is 5.41 Å². The van der Waals surface area contributed by atoms with Gasteiger partial charge in [-0.3, -0.25) is 4.98 Å². The van der Waals surface area contributed by atoms with E-state index in [0.717, 1.165) is 38.5 Å². The summed E-state index contributed by atoms with van der Waals surface area (Å²) in [6, 6.07) is 10.7. The molecule has 1 N–H and O–H groups in total. The van der Waals surface area contributed by atoms with E-state index in [2.05, 4.69) is 9.88 Å². The molecule has 0 amide bonds. The van der Waals surface area contributed by atoms with Crippen LogP contribution in [0, 0.1) is 5.41 Å². The number of piperidine rings is 1. The number of pyridine rings is 1. The maximum absolute atomic E-state index is 15.6. The third kappa shape index (κ3) is 6.92. The van der Waals surface area contributed by atoms with E-state index in [-0.39, 0.29) is 23.5 Å². The van der Waals surface area contributed by atoms with Gasteiger partial charge in [0, 0.05) is 40.9 Å². The quantitative estimate of drug-likeness (QED) is 0.201. The normalized spacial score (nSPS) is 17.0. The average molecular weight is 571 g/mol. The molecule has 2 heterocycles. The summed E-state index contributed by atoms with van der Waals surface area (Å²) in [5.41, 5.74) is 0.0236. The number of benzene rings is 2. The largest absolute Gasteiger partial charge is 0.497 e. The summed E-state index contributed by atoms with van der Waals surface area (Å²) in [5.74, 6) is 1.26. The van der Waals surface area contributed by atoms with Gasteiger partial charge in [-0.05, 0) is 80.6 Å². The highest BCUT2D eigenvalue weighted by molar-refractivity contribution is 7.99. The number of halogens is 5. The number of thioether (sulfide) groups is 1. The molecule has 1 fully saturated rings. The predicted octanol–water partition coefficient (Wildman–Crippen LogP) is 7.57. The summed E-state index contributed by atoms with van der Waals surface area (Å²) < 4.78 is 59.7. The lowest BCUT2D eigenvalue weighted by atomic mass is 9.74. The standard InChI is InChI=1S/C28H31ClF4N2O2S/c1-37-20-5-6-25-22(16-20)26(23(29)17-34-25)24(30)7-8-27(18-36)9-11-35(12-10-27)13-14-38-21-4-2-3-19(15-21)28(31,32)33/h2-6,15-17,24,36H,7-14,18H2,1H3. The molecule has 38 heavy (non-hydrogen) atoms. The zero-order valence-corrected chi connectivity index (χ0v) is 22.7. The van der Waals surface area contributed by atoms with E-state index in [4.69, 9.17) is 16.3 Å². The molecule has 1 saturated heterocycles. The van der Waals surface area contributed by atoms with E-state index in [1.165, 1.54) is 30.1 Å². The van der Waals surface area contributed by atoms with Gasteiger partial charge >= 0.3 is 6.18 Å². The molecule has 4 nitrogen and oxygen atoms in total. The molecule has 0 radical (unpaired) electrons. The van der Waals surface area contributed by atoms with Crippen LogP contribution in [0.5, 0.6) is 5.75 Å². The lowest BCUT2D eigenvalue weighted by molar-refractivity contribution is -0.137. The first-order chi connectivity index (χ1) is 18.1. The van der Waals surface area contributed by atoms with Crippen molar-refractivity contribution in [3.05, 3.63) is 64.8 Å². The van der Waals surface area contributed by atoms with Gasteiger partial charge in [0.1, 0.15) is 11.9 Å². The van der Waals surface area contributed by atoms with Gasteiger partial charge in [-0.25, -0.2) is 4.39 Å². The Morgan fingerprint density at radius 2 is 1.95 bits per heavy atom. The number of aromatic nitrogens is 1. The minimum atomic E-state index is -4.35. The predicted molar refractivity (Wildman–Crippen MR) is 144 cm³/mol. The highest BCUT2D eigenvalue weighted by Crippen LogP contribution is 2.42.